The van der Waals surface area contributed by atoms with Gasteiger partial charge < -0.3 is 5.32 Å². The molecule has 3 aromatic rings. The minimum absolute atomic E-state index is 0.135. The fourth-order valence-electron chi connectivity index (χ4n) is 4.38. The van der Waals surface area contributed by atoms with Crippen LogP contribution in [-0.2, 0) is 17.8 Å². The second kappa shape index (κ2) is 9.11. The number of benzene rings is 1. The molecule has 1 atom stereocenters. The van der Waals surface area contributed by atoms with E-state index < -0.39 is 5.41 Å². The Balaban J connectivity index is 1.61. The third kappa shape index (κ3) is 4.63. The Kier molecular flexibility index (Phi) is 6.30. The summed E-state index contributed by atoms with van der Waals surface area (Å²) in [6.07, 6.45) is 5.30. The van der Waals surface area contributed by atoms with Gasteiger partial charge in [0.2, 0.25) is 5.91 Å². The Morgan fingerprint density at radius 2 is 1.97 bits per heavy atom. The van der Waals surface area contributed by atoms with Crippen molar-refractivity contribution >= 4 is 17.2 Å². The molecule has 0 bridgehead atoms. The Hall–Kier alpha value is -2.50. The molecule has 1 aromatic carbocycles. The number of rotatable bonds is 7. The zero-order valence-electron chi connectivity index (χ0n) is 17.7. The summed E-state index contributed by atoms with van der Waals surface area (Å²) in [7, 11) is 0. The number of hydrogen-bond donors (Lipinski definition) is 1. The summed E-state index contributed by atoms with van der Waals surface area (Å²) in [5.74, 6) is 0.177. The molecule has 1 N–H and O–H groups in total. The first-order chi connectivity index (χ1) is 14.6. The van der Waals surface area contributed by atoms with Crippen LogP contribution in [0, 0.1) is 5.41 Å². The van der Waals surface area contributed by atoms with Crippen molar-refractivity contribution < 1.29 is 4.79 Å². The molecule has 4 nitrogen and oxygen atoms in total. The van der Waals surface area contributed by atoms with Crippen LogP contribution < -0.4 is 5.32 Å². The molecule has 30 heavy (non-hydrogen) atoms. The Labute approximate surface area is 183 Å². The fourth-order valence-corrected chi connectivity index (χ4v) is 5.16. The molecule has 1 aliphatic heterocycles. The number of likely N-dealkylation sites (tertiary alicyclic amines) is 1. The van der Waals surface area contributed by atoms with Crippen molar-refractivity contribution in [2.45, 2.75) is 39.3 Å². The van der Waals surface area contributed by atoms with Crippen LogP contribution in [0.1, 0.15) is 31.4 Å². The number of thiophene rings is 1. The van der Waals surface area contributed by atoms with Gasteiger partial charge >= 0.3 is 0 Å². The number of nitrogens with zero attached hydrogens (tertiary/aromatic N) is 2. The normalized spacial score (nSPS) is 19.3. The highest BCUT2D eigenvalue weighted by Gasteiger charge is 2.45. The zero-order valence-corrected chi connectivity index (χ0v) is 18.5. The number of aromatic nitrogens is 1. The molecule has 0 unspecified atom stereocenters. The van der Waals surface area contributed by atoms with Crippen LogP contribution in [0.15, 0.2) is 66.3 Å². The van der Waals surface area contributed by atoms with Crippen LogP contribution >= 0.6 is 11.3 Å². The van der Waals surface area contributed by atoms with E-state index in [1.165, 1.54) is 21.6 Å². The lowest BCUT2D eigenvalue weighted by Gasteiger charge is -2.30. The predicted molar refractivity (Wildman–Crippen MR) is 123 cm³/mol. The highest BCUT2D eigenvalue weighted by Crippen LogP contribution is 2.39. The predicted octanol–water partition coefficient (Wildman–Crippen LogP) is 4.77. The van der Waals surface area contributed by atoms with E-state index in [1.54, 1.807) is 11.3 Å². The lowest BCUT2D eigenvalue weighted by Crippen LogP contribution is -2.46. The van der Waals surface area contributed by atoms with Crippen LogP contribution in [0.4, 0.5) is 0 Å². The Morgan fingerprint density at radius 3 is 2.70 bits per heavy atom. The first-order valence-corrected chi connectivity index (χ1v) is 11.5. The molecule has 0 aliphatic carbocycles. The van der Waals surface area contributed by atoms with Crippen molar-refractivity contribution in [3.05, 3.63) is 77.4 Å². The van der Waals surface area contributed by atoms with E-state index in [1.807, 2.05) is 26.2 Å². The summed E-state index contributed by atoms with van der Waals surface area (Å²) in [5.41, 5.74) is 3.33. The molecule has 0 spiro atoms. The van der Waals surface area contributed by atoms with E-state index in [-0.39, 0.29) is 11.9 Å². The Morgan fingerprint density at radius 1 is 1.17 bits per heavy atom. The summed E-state index contributed by atoms with van der Waals surface area (Å²) in [4.78, 5) is 21.2. The molecule has 0 radical (unpaired) electrons. The van der Waals surface area contributed by atoms with Crippen LogP contribution in [0.2, 0.25) is 0 Å². The molecule has 0 saturated carbocycles. The third-order valence-corrected chi connectivity index (χ3v) is 6.73. The molecule has 1 saturated heterocycles. The van der Waals surface area contributed by atoms with Gasteiger partial charge in [-0.3, -0.25) is 14.7 Å². The van der Waals surface area contributed by atoms with Crippen LogP contribution in [-0.4, -0.2) is 34.9 Å². The van der Waals surface area contributed by atoms with Gasteiger partial charge in [0.25, 0.3) is 0 Å². The first kappa shape index (κ1) is 20.8. The van der Waals surface area contributed by atoms with Crippen molar-refractivity contribution in [1.29, 1.82) is 0 Å². The van der Waals surface area contributed by atoms with E-state index >= 15 is 0 Å². The number of nitrogens with one attached hydrogen (secondary N) is 1. The maximum absolute atomic E-state index is 13.4. The van der Waals surface area contributed by atoms with Gasteiger partial charge in [0.05, 0.1) is 5.41 Å². The molecular formula is C25H29N3OS. The van der Waals surface area contributed by atoms with Gasteiger partial charge in [0, 0.05) is 36.4 Å². The lowest BCUT2D eigenvalue weighted by molar-refractivity contribution is -0.131. The van der Waals surface area contributed by atoms with Crippen molar-refractivity contribution in [3.8, 4) is 10.4 Å². The minimum Gasteiger partial charge on any atom is -0.353 e. The minimum atomic E-state index is -0.412. The average molecular weight is 420 g/mol. The molecule has 156 valence electrons. The molecule has 1 amide bonds. The van der Waals surface area contributed by atoms with E-state index in [9.17, 15) is 4.79 Å². The topological polar surface area (TPSA) is 45.2 Å². The molecule has 5 heteroatoms. The van der Waals surface area contributed by atoms with Crippen molar-refractivity contribution in [2.24, 2.45) is 5.41 Å². The standard InChI is InChI=1S/C25H29N3OS/c1-19(2)27-24(29)25(11-14-28(18-25)17-20-9-12-26-13-10-20)16-21-6-3-4-7-22(21)23-8-5-15-30-23/h3-10,12-13,15,19H,11,14,16-18H2,1-2H3,(H,27,29)/t25-/m0/s1. The van der Waals surface area contributed by atoms with Gasteiger partial charge in [0.15, 0.2) is 0 Å². The van der Waals surface area contributed by atoms with E-state index in [0.29, 0.717) is 0 Å². The maximum Gasteiger partial charge on any atom is 0.228 e. The van der Waals surface area contributed by atoms with Crippen molar-refractivity contribution in [2.75, 3.05) is 13.1 Å². The van der Waals surface area contributed by atoms with Gasteiger partial charge in [-0.25, -0.2) is 0 Å². The average Bonchev–Trinajstić information content (AvgIpc) is 3.40. The van der Waals surface area contributed by atoms with Crippen molar-refractivity contribution in [3.63, 3.8) is 0 Å². The fraction of sp³-hybridized carbons (Fsp3) is 0.360. The van der Waals surface area contributed by atoms with E-state index in [4.69, 9.17) is 0 Å². The molecule has 1 aliphatic rings. The van der Waals surface area contributed by atoms with Crippen LogP contribution in [0.3, 0.4) is 0 Å². The van der Waals surface area contributed by atoms with Gasteiger partial charge in [-0.15, -0.1) is 11.3 Å². The molecule has 3 heterocycles. The summed E-state index contributed by atoms with van der Waals surface area (Å²) >= 11 is 1.75. The number of amides is 1. The molecular weight excluding hydrogens is 390 g/mol. The molecule has 4 rings (SSSR count). The van der Waals surface area contributed by atoms with Gasteiger partial charge in [-0.05, 0) is 73.5 Å². The largest absolute Gasteiger partial charge is 0.353 e. The summed E-state index contributed by atoms with van der Waals surface area (Å²) in [5, 5.41) is 5.32. The van der Waals surface area contributed by atoms with Gasteiger partial charge in [-0.1, -0.05) is 30.3 Å². The summed E-state index contributed by atoms with van der Waals surface area (Å²) in [6.45, 7) is 6.62. The second-order valence-electron chi connectivity index (χ2n) is 8.54. The van der Waals surface area contributed by atoms with Crippen molar-refractivity contribution in [1.82, 2.24) is 15.2 Å². The quantitative estimate of drug-likeness (QED) is 0.600. The number of pyridine rings is 1. The van der Waals surface area contributed by atoms with Gasteiger partial charge in [0.1, 0.15) is 0 Å². The number of carbonyl (C=O) groups excluding carboxylic acids is 1. The van der Waals surface area contributed by atoms with Gasteiger partial charge in [-0.2, -0.15) is 0 Å². The number of carbonyl (C=O) groups is 1. The molecule has 1 fully saturated rings. The van der Waals surface area contributed by atoms with E-state index in [2.05, 4.69) is 69.1 Å². The Bertz CT molecular complexity index is 971. The highest BCUT2D eigenvalue weighted by atomic mass is 32.1. The maximum atomic E-state index is 13.4. The lowest BCUT2D eigenvalue weighted by atomic mass is 9.78. The molecule has 2 aromatic heterocycles. The highest BCUT2D eigenvalue weighted by molar-refractivity contribution is 7.13. The summed E-state index contributed by atoms with van der Waals surface area (Å²) < 4.78 is 0. The van der Waals surface area contributed by atoms with Crippen LogP contribution in [0.5, 0.6) is 0 Å². The van der Waals surface area contributed by atoms with Crippen LogP contribution in [0.25, 0.3) is 10.4 Å². The SMILES string of the molecule is CC(C)NC(=O)[C@]1(Cc2ccccc2-c2cccs2)CCN(Cc2ccncc2)C1. The third-order valence-electron chi connectivity index (χ3n) is 5.82. The monoisotopic (exact) mass is 419 g/mol. The zero-order chi connectivity index (χ0) is 21.0. The second-order valence-corrected chi connectivity index (χ2v) is 9.48. The smallest absolute Gasteiger partial charge is 0.228 e. The first-order valence-electron chi connectivity index (χ1n) is 10.6. The van der Waals surface area contributed by atoms with E-state index in [0.717, 1.165) is 32.5 Å². The summed E-state index contributed by atoms with van der Waals surface area (Å²) in [6, 6.07) is 17.0. The number of hydrogen-bond acceptors (Lipinski definition) is 4.